The molecule has 1 aromatic heterocycles. The van der Waals surface area contributed by atoms with Gasteiger partial charge in [-0.2, -0.15) is 0 Å². The summed E-state index contributed by atoms with van der Waals surface area (Å²) in [6, 6.07) is 11.2. The number of thiazole rings is 1. The maximum absolute atomic E-state index is 14.4. The van der Waals surface area contributed by atoms with Gasteiger partial charge >= 0.3 is 5.97 Å². The van der Waals surface area contributed by atoms with Crippen LogP contribution < -0.4 is 10.6 Å². The van der Waals surface area contributed by atoms with Crippen LogP contribution in [0, 0.1) is 5.82 Å². The molecule has 4 rings (SSSR count). The fourth-order valence-corrected chi connectivity index (χ4v) is 3.84. The van der Waals surface area contributed by atoms with Crippen molar-refractivity contribution in [2.45, 2.75) is 19.4 Å². The van der Waals surface area contributed by atoms with Crippen molar-refractivity contribution in [3.63, 3.8) is 0 Å². The summed E-state index contributed by atoms with van der Waals surface area (Å²) in [5.74, 6) is -1.90. The molecule has 7 nitrogen and oxygen atoms in total. The Labute approximate surface area is 174 Å². The van der Waals surface area contributed by atoms with Crippen LogP contribution in [0.25, 0.3) is 11.3 Å². The zero-order valence-corrected chi connectivity index (χ0v) is 16.6. The first-order chi connectivity index (χ1) is 14.4. The van der Waals surface area contributed by atoms with E-state index in [1.165, 1.54) is 19.1 Å². The monoisotopic (exact) mass is 425 g/mol. The number of carbonyl (C=O) groups is 3. The van der Waals surface area contributed by atoms with Crippen LogP contribution in [0.15, 0.2) is 47.8 Å². The second-order valence-corrected chi connectivity index (χ2v) is 7.52. The molecule has 0 saturated carbocycles. The van der Waals surface area contributed by atoms with Gasteiger partial charge in [-0.1, -0.05) is 18.2 Å². The van der Waals surface area contributed by atoms with Gasteiger partial charge in [0.15, 0.2) is 11.2 Å². The number of cyclic esters (lactones) is 1. The molecular formula is C21H16FN3O4S. The number of amides is 2. The molecule has 30 heavy (non-hydrogen) atoms. The van der Waals surface area contributed by atoms with Crippen molar-refractivity contribution in [2.24, 2.45) is 0 Å². The van der Waals surface area contributed by atoms with Crippen LogP contribution in [-0.2, 0) is 20.7 Å². The second kappa shape index (κ2) is 8.03. The first-order valence-corrected chi connectivity index (χ1v) is 9.91. The SMILES string of the molecule is CC(=O)Nc1ccc(-c2csc(NC(=O)C3Cc4ccccc4C(=O)O3)n2)c(F)c1. The first-order valence-electron chi connectivity index (χ1n) is 9.03. The molecule has 2 heterocycles. The Morgan fingerprint density at radius 2 is 1.97 bits per heavy atom. The summed E-state index contributed by atoms with van der Waals surface area (Å²) in [5, 5.41) is 6.99. The number of esters is 1. The number of benzene rings is 2. The fourth-order valence-electron chi connectivity index (χ4n) is 3.12. The molecule has 2 amide bonds. The molecular weight excluding hydrogens is 409 g/mol. The molecule has 9 heteroatoms. The van der Waals surface area contributed by atoms with Gasteiger partial charge in [-0.15, -0.1) is 11.3 Å². The van der Waals surface area contributed by atoms with Gasteiger partial charge in [0.25, 0.3) is 5.91 Å². The van der Waals surface area contributed by atoms with Gasteiger partial charge < -0.3 is 10.1 Å². The predicted molar refractivity (Wildman–Crippen MR) is 110 cm³/mol. The smallest absolute Gasteiger partial charge is 0.339 e. The maximum Gasteiger partial charge on any atom is 0.339 e. The summed E-state index contributed by atoms with van der Waals surface area (Å²) in [5.41, 5.74) is 2.12. The molecule has 0 spiro atoms. The molecule has 2 aromatic carbocycles. The van der Waals surface area contributed by atoms with Gasteiger partial charge in [-0.25, -0.2) is 14.2 Å². The van der Waals surface area contributed by atoms with Crippen molar-refractivity contribution in [1.82, 2.24) is 4.98 Å². The Morgan fingerprint density at radius 1 is 1.17 bits per heavy atom. The molecule has 1 unspecified atom stereocenters. The van der Waals surface area contributed by atoms with Crippen LogP contribution in [0.3, 0.4) is 0 Å². The van der Waals surface area contributed by atoms with Gasteiger partial charge in [0.1, 0.15) is 5.82 Å². The zero-order valence-electron chi connectivity index (χ0n) is 15.8. The fraction of sp³-hybridized carbons (Fsp3) is 0.143. The van der Waals surface area contributed by atoms with E-state index in [9.17, 15) is 18.8 Å². The summed E-state index contributed by atoms with van der Waals surface area (Å²) in [4.78, 5) is 40.0. The highest BCUT2D eigenvalue weighted by Gasteiger charge is 2.31. The van der Waals surface area contributed by atoms with E-state index in [0.717, 1.165) is 16.9 Å². The van der Waals surface area contributed by atoms with Gasteiger partial charge in [0.05, 0.1) is 11.3 Å². The van der Waals surface area contributed by atoms with Gasteiger partial charge in [-0.05, 0) is 29.8 Å². The molecule has 0 saturated heterocycles. The summed E-state index contributed by atoms with van der Waals surface area (Å²) in [7, 11) is 0. The molecule has 1 aliphatic heterocycles. The molecule has 3 aromatic rings. The molecule has 152 valence electrons. The van der Waals surface area contributed by atoms with E-state index in [0.29, 0.717) is 16.9 Å². The summed E-state index contributed by atoms with van der Waals surface area (Å²) in [6.07, 6.45) is -0.695. The Hall–Kier alpha value is -3.59. The van der Waals surface area contributed by atoms with E-state index in [1.54, 1.807) is 35.7 Å². The maximum atomic E-state index is 14.4. The zero-order chi connectivity index (χ0) is 21.3. The summed E-state index contributed by atoms with van der Waals surface area (Å²) < 4.78 is 19.6. The van der Waals surface area contributed by atoms with E-state index in [4.69, 9.17) is 4.74 Å². The number of carbonyl (C=O) groups excluding carboxylic acids is 3. The number of anilines is 2. The van der Waals surface area contributed by atoms with E-state index in [2.05, 4.69) is 15.6 Å². The summed E-state index contributed by atoms with van der Waals surface area (Å²) in [6.45, 7) is 1.34. The highest BCUT2D eigenvalue weighted by Crippen LogP contribution is 2.29. The molecule has 0 aliphatic carbocycles. The summed E-state index contributed by atoms with van der Waals surface area (Å²) >= 11 is 1.13. The number of hydrogen-bond acceptors (Lipinski definition) is 6. The number of ether oxygens (including phenoxy) is 1. The topological polar surface area (TPSA) is 97.4 Å². The van der Waals surface area contributed by atoms with Crippen LogP contribution in [-0.4, -0.2) is 28.9 Å². The number of nitrogens with zero attached hydrogens (tertiary/aromatic N) is 1. The Morgan fingerprint density at radius 3 is 2.73 bits per heavy atom. The molecule has 0 radical (unpaired) electrons. The van der Waals surface area contributed by atoms with Crippen molar-refractivity contribution >= 4 is 39.9 Å². The van der Waals surface area contributed by atoms with Crippen LogP contribution in [0.4, 0.5) is 15.2 Å². The van der Waals surface area contributed by atoms with Crippen LogP contribution in [0.5, 0.6) is 0 Å². The number of halogens is 1. The lowest BCUT2D eigenvalue weighted by Gasteiger charge is -2.23. The molecule has 1 aliphatic rings. The van der Waals surface area contributed by atoms with Crippen LogP contribution in [0.1, 0.15) is 22.8 Å². The lowest BCUT2D eigenvalue weighted by Crippen LogP contribution is -2.37. The van der Waals surface area contributed by atoms with E-state index in [-0.39, 0.29) is 23.0 Å². The average molecular weight is 425 g/mol. The third-order valence-electron chi connectivity index (χ3n) is 4.48. The second-order valence-electron chi connectivity index (χ2n) is 6.66. The molecule has 2 N–H and O–H groups in total. The molecule has 1 atom stereocenters. The van der Waals surface area contributed by atoms with Crippen molar-refractivity contribution in [1.29, 1.82) is 0 Å². The lowest BCUT2D eigenvalue weighted by molar-refractivity contribution is -0.125. The van der Waals surface area contributed by atoms with Crippen LogP contribution >= 0.6 is 11.3 Å². The highest BCUT2D eigenvalue weighted by molar-refractivity contribution is 7.14. The molecule has 0 fully saturated rings. The third-order valence-corrected chi connectivity index (χ3v) is 5.24. The number of aromatic nitrogens is 1. The van der Waals surface area contributed by atoms with Crippen molar-refractivity contribution < 1.29 is 23.5 Å². The van der Waals surface area contributed by atoms with Gasteiger partial charge in [0, 0.05) is 30.0 Å². The minimum atomic E-state index is -0.964. The van der Waals surface area contributed by atoms with Gasteiger partial charge in [0.2, 0.25) is 5.91 Å². The quantitative estimate of drug-likeness (QED) is 0.622. The van der Waals surface area contributed by atoms with Crippen molar-refractivity contribution in [3.05, 3.63) is 64.8 Å². The highest BCUT2D eigenvalue weighted by atomic mass is 32.1. The first kappa shape index (κ1) is 19.7. The van der Waals surface area contributed by atoms with E-state index >= 15 is 0 Å². The average Bonchev–Trinajstić information content (AvgIpc) is 3.15. The normalized spacial score (nSPS) is 15.1. The molecule has 0 bridgehead atoms. The largest absolute Gasteiger partial charge is 0.448 e. The van der Waals surface area contributed by atoms with Crippen molar-refractivity contribution in [3.8, 4) is 11.3 Å². The lowest BCUT2D eigenvalue weighted by atomic mass is 9.98. The Bertz CT molecular complexity index is 1160. The standard InChI is InChI=1S/C21H16FN3O4S/c1-11(26)23-13-6-7-15(16(22)9-13)17-10-30-21(24-17)25-19(27)18-8-12-4-2-3-5-14(12)20(28)29-18/h2-7,9-10,18H,8H2,1H3,(H,23,26)(H,24,25,27). The Kier molecular flexibility index (Phi) is 5.28. The van der Waals surface area contributed by atoms with Crippen LogP contribution in [0.2, 0.25) is 0 Å². The minimum absolute atomic E-state index is 0.235. The number of nitrogens with one attached hydrogen (secondary N) is 2. The Balaban J connectivity index is 1.47. The number of hydrogen-bond donors (Lipinski definition) is 2. The number of rotatable bonds is 4. The van der Waals surface area contributed by atoms with E-state index < -0.39 is 23.8 Å². The number of fused-ring (bicyclic) bond motifs is 1. The third kappa shape index (κ3) is 4.06. The van der Waals surface area contributed by atoms with Crippen molar-refractivity contribution in [2.75, 3.05) is 10.6 Å². The minimum Gasteiger partial charge on any atom is -0.448 e. The van der Waals surface area contributed by atoms with E-state index in [1.807, 2.05) is 0 Å². The van der Waals surface area contributed by atoms with Gasteiger partial charge in [-0.3, -0.25) is 14.9 Å². The predicted octanol–water partition coefficient (Wildman–Crippen LogP) is 3.63.